The van der Waals surface area contributed by atoms with E-state index in [2.05, 4.69) is 10.3 Å². The fraction of sp³-hybridized carbons (Fsp3) is 0.611. The SMILES string of the molecule is I.NC(=NCc1ccc(S(=O)(=O)N2CCCCC2)cc1)NCC1CCC1. The lowest BCUT2D eigenvalue weighted by atomic mass is 9.85. The minimum absolute atomic E-state index is 0. The number of hydrogen-bond acceptors (Lipinski definition) is 3. The zero-order valence-corrected chi connectivity index (χ0v) is 18.2. The van der Waals surface area contributed by atoms with Crippen LogP contribution in [0.1, 0.15) is 44.1 Å². The number of nitrogens with two attached hydrogens (primary N) is 1. The molecule has 1 saturated heterocycles. The number of rotatable bonds is 6. The van der Waals surface area contributed by atoms with Crippen molar-refractivity contribution >= 4 is 40.0 Å². The van der Waals surface area contributed by atoms with Crippen molar-refractivity contribution in [1.82, 2.24) is 9.62 Å². The van der Waals surface area contributed by atoms with E-state index in [4.69, 9.17) is 5.73 Å². The Balaban J connectivity index is 0.00000243. The lowest BCUT2D eigenvalue weighted by Crippen LogP contribution is -2.37. The number of nitrogens with one attached hydrogen (secondary N) is 1. The fourth-order valence-corrected chi connectivity index (χ4v) is 4.72. The third-order valence-electron chi connectivity index (χ3n) is 5.10. The molecule has 146 valence electrons. The van der Waals surface area contributed by atoms with Crippen LogP contribution in [0, 0.1) is 5.92 Å². The second-order valence-electron chi connectivity index (χ2n) is 6.99. The maximum atomic E-state index is 12.6. The van der Waals surface area contributed by atoms with Gasteiger partial charge in [-0.15, -0.1) is 24.0 Å². The Kier molecular flexibility index (Phi) is 8.15. The molecule has 0 amide bonds. The van der Waals surface area contributed by atoms with Crippen LogP contribution in [0.2, 0.25) is 0 Å². The Bertz CT molecular complexity index is 696. The largest absolute Gasteiger partial charge is 0.370 e. The molecule has 3 rings (SSSR count). The minimum Gasteiger partial charge on any atom is -0.370 e. The highest BCUT2D eigenvalue weighted by Gasteiger charge is 2.25. The van der Waals surface area contributed by atoms with E-state index >= 15 is 0 Å². The van der Waals surface area contributed by atoms with Gasteiger partial charge >= 0.3 is 0 Å². The summed E-state index contributed by atoms with van der Waals surface area (Å²) in [4.78, 5) is 4.69. The van der Waals surface area contributed by atoms with Gasteiger partial charge in [0.2, 0.25) is 10.0 Å². The average Bonchev–Trinajstić information content (AvgIpc) is 2.60. The highest BCUT2D eigenvalue weighted by atomic mass is 127. The van der Waals surface area contributed by atoms with E-state index in [0.717, 1.165) is 37.3 Å². The van der Waals surface area contributed by atoms with Crippen LogP contribution in [0.15, 0.2) is 34.2 Å². The van der Waals surface area contributed by atoms with Gasteiger partial charge in [-0.2, -0.15) is 4.31 Å². The Labute approximate surface area is 173 Å². The van der Waals surface area contributed by atoms with E-state index in [1.165, 1.54) is 19.3 Å². The maximum absolute atomic E-state index is 12.6. The third-order valence-corrected chi connectivity index (χ3v) is 7.02. The zero-order valence-electron chi connectivity index (χ0n) is 15.1. The molecule has 1 saturated carbocycles. The highest BCUT2D eigenvalue weighted by molar-refractivity contribution is 14.0. The first-order valence-electron chi connectivity index (χ1n) is 9.18. The number of guanidine groups is 1. The van der Waals surface area contributed by atoms with Gasteiger partial charge in [-0.3, -0.25) is 0 Å². The monoisotopic (exact) mass is 492 g/mol. The Morgan fingerprint density at radius 2 is 1.77 bits per heavy atom. The Hall–Kier alpha value is -0.870. The van der Waals surface area contributed by atoms with Crippen LogP contribution in [0.3, 0.4) is 0 Å². The van der Waals surface area contributed by atoms with E-state index in [1.807, 2.05) is 12.1 Å². The molecule has 1 aromatic rings. The zero-order chi connectivity index (χ0) is 17.7. The van der Waals surface area contributed by atoms with Crippen molar-refractivity contribution in [2.75, 3.05) is 19.6 Å². The van der Waals surface area contributed by atoms with Crippen LogP contribution in [-0.2, 0) is 16.6 Å². The number of piperidine rings is 1. The summed E-state index contributed by atoms with van der Waals surface area (Å²) in [7, 11) is -3.36. The number of aliphatic imine (C=N–C) groups is 1. The molecular formula is C18H29IN4O2S. The van der Waals surface area contributed by atoms with Crippen LogP contribution < -0.4 is 11.1 Å². The molecule has 1 heterocycles. The summed E-state index contributed by atoms with van der Waals surface area (Å²) in [6.45, 7) is 2.59. The summed E-state index contributed by atoms with van der Waals surface area (Å²) < 4.78 is 26.8. The molecule has 6 nitrogen and oxygen atoms in total. The van der Waals surface area contributed by atoms with Gasteiger partial charge in [0, 0.05) is 19.6 Å². The summed E-state index contributed by atoms with van der Waals surface area (Å²) in [6.07, 6.45) is 6.86. The molecule has 1 aliphatic carbocycles. The van der Waals surface area contributed by atoms with Crippen LogP contribution in [-0.4, -0.2) is 38.3 Å². The number of halogens is 1. The molecule has 1 aromatic carbocycles. The number of hydrogen-bond donors (Lipinski definition) is 2. The molecule has 2 fully saturated rings. The first kappa shape index (κ1) is 21.4. The van der Waals surface area contributed by atoms with Crippen molar-refractivity contribution in [3.05, 3.63) is 29.8 Å². The van der Waals surface area contributed by atoms with E-state index in [9.17, 15) is 8.42 Å². The number of benzene rings is 1. The van der Waals surface area contributed by atoms with Gasteiger partial charge in [0.05, 0.1) is 11.4 Å². The second kappa shape index (κ2) is 9.89. The summed E-state index contributed by atoms with van der Waals surface area (Å²) >= 11 is 0. The van der Waals surface area contributed by atoms with Crippen molar-refractivity contribution in [1.29, 1.82) is 0 Å². The van der Waals surface area contributed by atoms with Crippen molar-refractivity contribution < 1.29 is 8.42 Å². The Morgan fingerprint density at radius 1 is 1.12 bits per heavy atom. The quantitative estimate of drug-likeness (QED) is 0.363. The lowest BCUT2D eigenvalue weighted by molar-refractivity contribution is 0.315. The van der Waals surface area contributed by atoms with Gasteiger partial charge < -0.3 is 11.1 Å². The normalized spacial score (nSPS) is 19.5. The highest BCUT2D eigenvalue weighted by Crippen LogP contribution is 2.25. The van der Waals surface area contributed by atoms with Crippen molar-refractivity contribution in [2.45, 2.75) is 50.0 Å². The molecule has 3 N–H and O–H groups in total. The standard InChI is InChI=1S/C18H28N4O2S.HI/c19-18(20-13-15-5-4-6-15)21-14-16-7-9-17(10-8-16)25(23,24)22-11-2-1-3-12-22;/h7-10,15H,1-6,11-14H2,(H3,19,20,21);1H. The molecular weight excluding hydrogens is 463 g/mol. The molecule has 0 atom stereocenters. The summed E-state index contributed by atoms with van der Waals surface area (Å²) in [5.41, 5.74) is 6.83. The second-order valence-corrected chi connectivity index (χ2v) is 8.93. The third kappa shape index (κ3) is 5.56. The van der Waals surface area contributed by atoms with Crippen molar-refractivity contribution in [3.63, 3.8) is 0 Å². The summed E-state index contributed by atoms with van der Waals surface area (Å²) in [6, 6.07) is 6.98. The fourth-order valence-electron chi connectivity index (χ4n) is 3.20. The molecule has 2 aliphatic rings. The van der Waals surface area contributed by atoms with Crippen LogP contribution in [0.4, 0.5) is 0 Å². The summed E-state index contributed by atoms with van der Waals surface area (Å²) in [5.74, 6) is 1.19. The topological polar surface area (TPSA) is 87.8 Å². The first-order valence-corrected chi connectivity index (χ1v) is 10.6. The van der Waals surface area contributed by atoms with Gasteiger partial charge in [-0.1, -0.05) is 25.0 Å². The maximum Gasteiger partial charge on any atom is 0.243 e. The predicted octanol–water partition coefficient (Wildman–Crippen LogP) is 2.68. The average molecular weight is 492 g/mol. The molecule has 26 heavy (non-hydrogen) atoms. The van der Waals surface area contributed by atoms with Gasteiger partial charge in [-0.05, 0) is 49.3 Å². The van der Waals surface area contributed by atoms with E-state index < -0.39 is 10.0 Å². The van der Waals surface area contributed by atoms with Crippen LogP contribution >= 0.6 is 24.0 Å². The summed E-state index contributed by atoms with van der Waals surface area (Å²) in [5, 5.41) is 3.16. The molecule has 1 aliphatic heterocycles. The Morgan fingerprint density at radius 3 is 2.35 bits per heavy atom. The van der Waals surface area contributed by atoms with E-state index in [1.54, 1.807) is 16.4 Å². The van der Waals surface area contributed by atoms with Crippen LogP contribution in [0.5, 0.6) is 0 Å². The molecule has 0 aromatic heterocycles. The predicted molar refractivity (Wildman–Crippen MR) is 115 cm³/mol. The van der Waals surface area contributed by atoms with Gasteiger partial charge in [0.1, 0.15) is 0 Å². The number of sulfonamides is 1. The molecule has 0 unspecified atom stereocenters. The van der Waals surface area contributed by atoms with Gasteiger partial charge in [0.15, 0.2) is 5.96 Å². The van der Waals surface area contributed by atoms with Gasteiger partial charge in [0.25, 0.3) is 0 Å². The van der Waals surface area contributed by atoms with E-state index in [0.29, 0.717) is 30.5 Å². The molecule has 8 heteroatoms. The van der Waals surface area contributed by atoms with Crippen molar-refractivity contribution in [2.24, 2.45) is 16.6 Å². The van der Waals surface area contributed by atoms with E-state index in [-0.39, 0.29) is 24.0 Å². The number of nitrogens with zero attached hydrogens (tertiary/aromatic N) is 2. The molecule has 0 spiro atoms. The first-order chi connectivity index (χ1) is 12.1. The van der Waals surface area contributed by atoms with Crippen LogP contribution in [0.25, 0.3) is 0 Å². The van der Waals surface area contributed by atoms with Crippen molar-refractivity contribution in [3.8, 4) is 0 Å². The minimum atomic E-state index is -3.36. The molecule has 0 bridgehead atoms. The van der Waals surface area contributed by atoms with Gasteiger partial charge in [-0.25, -0.2) is 13.4 Å². The lowest BCUT2D eigenvalue weighted by Gasteiger charge is -2.26. The smallest absolute Gasteiger partial charge is 0.243 e. The molecule has 0 radical (unpaired) electrons.